The second-order valence-corrected chi connectivity index (χ2v) is 4.15. The number of nitrogens with zero attached hydrogens (tertiary/aromatic N) is 1. The molecule has 1 aromatic heterocycles. The van der Waals surface area contributed by atoms with Gasteiger partial charge in [0.15, 0.2) is 0 Å². The molecule has 0 saturated carbocycles. The van der Waals surface area contributed by atoms with Gasteiger partial charge in [0, 0.05) is 6.54 Å². The summed E-state index contributed by atoms with van der Waals surface area (Å²) in [5, 5.41) is 3.26. The highest BCUT2D eigenvalue weighted by Gasteiger charge is 2.15. The number of halogens is 1. The summed E-state index contributed by atoms with van der Waals surface area (Å²) in [6.45, 7) is 2.01. The van der Waals surface area contributed by atoms with Crippen molar-refractivity contribution in [2.45, 2.75) is 12.5 Å². The average molecular weight is 290 g/mol. The van der Waals surface area contributed by atoms with E-state index in [9.17, 15) is 0 Å². The third kappa shape index (κ3) is 2.54. The summed E-state index contributed by atoms with van der Waals surface area (Å²) < 4.78 is 6.70. The normalized spacial score (nSPS) is 21.8. The number of rotatable bonds is 2. The molecule has 0 spiro atoms. The zero-order valence-electron chi connectivity index (χ0n) is 7.16. The Bertz CT molecular complexity index is 269. The molecule has 1 N–H and O–H groups in total. The van der Waals surface area contributed by atoms with Crippen LogP contribution in [-0.4, -0.2) is 24.2 Å². The lowest BCUT2D eigenvalue weighted by Gasteiger charge is -2.11. The number of aromatic nitrogens is 1. The Morgan fingerprint density at radius 1 is 1.54 bits per heavy atom. The zero-order chi connectivity index (χ0) is 9.10. The molecule has 2 rings (SSSR count). The Labute approximate surface area is 91.0 Å². The summed E-state index contributed by atoms with van der Waals surface area (Å²) in [7, 11) is 0. The second-order valence-electron chi connectivity index (χ2n) is 3.05. The maximum Gasteiger partial charge on any atom is 0.138 e. The molecule has 0 amide bonds. The number of ether oxygens (including phenoxy) is 1. The van der Waals surface area contributed by atoms with Crippen LogP contribution in [0.1, 0.15) is 6.42 Å². The minimum atomic E-state index is 0.321. The van der Waals surface area contributed by atoms with Crippen LogP contribution in [-0.2, 0) is 0 Å². The number of hydrogen-bond acceptors (Lipinski definition) is 3. The summed E-state index contributed by atoms with van der Waals surface area (Å²) >= 11 is 2.18. The van der Waals surface area contributed by atoms with Gasteiger partial charge in [0.25, 0.3) is 0 Å². The molecular formula is C9H11IN2O. The molecular weight excluding hydrogens is 279 g/mol. The molecule has 1 aromatic rings. The van der Waals surface area contributed by atoms with E-state index in [2.05, 4.69) is 32.9 Å². The van der Waals surface area contributed by atoms with Crippen LogP contribution in [0.3, 0.4) is 0 Å². The maximum atomic E-state index is 5.70. The third-order valence-corrected chi connectivity index (χ3v) is 2.66. The van der Waals surface area contributed by atoms with Crippen molar-refractivity contribution < 1.29 is 4.74 Å². The molecule has 1 fully saturated rings. The number of pyridine rings is 1. The highest BCUT2D eigenvalue weighted by Crippen LogP contribution is 2.14. The van der Waals surface area contributed by atoms with Crippen LogP contribution in [0.5, 0.6) is 5.75 Å². The van der Waals surface area contributed by atoms with E-state index in [1.165, 1.54) is 0 Å². The standard InChI is InChI=1S/C9H11IN2O/c10-9-2-1-7(6-12-9)13-8-3-4-11-5-8/h1-2,6,8,11H,3-5H2/t8-/m1/s1. The predicted molar refractivity (Wildman–Crippen MR) is 58.9 cm³/mol. The first-order valence-electron chi connectivity index (χ1n) is 4.33. The average Bonchev–Trinajstić information content (AvgIpc) is 2.62. The van der Waals surface area contributed by atoms with E-state index < -0.39 is 0 Å². The lowest BCUT2D eigenvalue weighted by Crippen LogP contribution is -2.19. The van der Waals surface area contributed by atoms with E-state index in [0.717, 1.165) is 29.0 Å². The Balaban J connectivity index is 1.97. The molecule has 1 atom stereocenters. The van der Waals surface area contributed by atoms with Crippen LogP contribution < -0.4 is 10.1 Å². The zero-order valence-corrected chi connectivity index (χ0v) is 9.32. The van der Waals surface area contributed by atoms with Crippen molar-refractivity contribution in [3.63, 3.8) is 0 Å². The fourth-order valence-corrected chi connectivity index (χ4v) is 1.67. The molecule has 0 aliphatic carbocycles. The van der Waals surface area contributed by atoms with Crippen molar-refractivity contribution in [3.8, 4) is 5.75 Å². The van der Waals surface area contributed by atoms with Crippen LogP contribution in [0, 0.1) is 3.70 Å². The van der Waals surface area contributed by atoms with Crippen molar-refractivity contribution >= 4 is 22.6 Å². The second kappa shape index (κ2) is 4.23. The van der Waals surface area contributed by atoms with Gasteiger partial charge in [-0.1, -0.05) is 0 Å². The van der Waals surface area contributed by atoms with Gasteiger partial charge in [0.05, 0.1) is 6.20 Å². The van der Waals surface area contributed by atoms with Gasteiger partial charge in [0.2, 0.25) is 0 Å². The summed E-state index contributed by atoms with van der Waals surface area (Å²) in [6, 6.07) is 3.92. The van der Waals surface area contributed by atoms with Crippen molar-refractivity contribution in [2.75, 3.05) is 13.1 Å². The SMILES string of the molecule is Ic1ccc(O[C@@H]2CCNC2)cn1. The topological polar surface area (TPSA) is 34.1 Å². The molecule has 0 bridgehead atoms. The van der Waals surface area contributed by atoms with Crippen molar-refractivity contribution in [1.29, 1.82) is 0 Å². The Kier molecular flexibility index (Phi) is 3.00. The van der Waals surface area contributed by atoms with Gasteiger partial charge < -0.3 is 10.1 Å². The first-order valence-corrected chi connectivity index (χ1v) is 5.41. The van der Waals surface area contributed by atoms with Gasteiger partial charge in [-0.05, 0) is 47.7 Å². The molecule has 0 radical (unpaired) electrons. The van der Waals surface area contributed by atoms with Crippen molar-refractivity contribution in [2.24, 2.45) is 0 Å². The van der Waals surface area contributed by atoms with E-state index in [-0.39, 0.29) is 0 Å². The fourth-order valence-electron chi connectivity index (χ4n) is 1.35. The Morgan fingerprint density at radius 2 is 2.46 bits per heavy atom. The molecule has 2 heterocycles. The summed E-state index contributed by atoms with van der Waals surface area (Å²) in [5.41, 5.74) is 0. The van der Waals surface area contributed by atoms with E-state index in [0.29, 0.717) is 6.10 Å². The lowest BCUT2D eigenvalue weighted by molar-refractivity contribution is 0.222. The fraction of sp³-hybridized carbons (Fsp3) is 0.444. The molecule has 13 heavy (non-hydrogen) atoms. The first kappa shape index (κ1) is 9.21. The molecule has 1 aliphatic rings. The van der Waals surface area contributed by atoms with Gasteiger partial charge in [-0.15, -0.1) is 0 Å². The molecule has 1 aliphatic heterocycles. The van der Waals surface area contributed by atoms with Crippen molar-refractivity contribution in [1.82, 2.24) is 10.3 Å². The first-order chi connectivity index (χ1) is 6.34. The molecule has 70 valence electrons. The predicted octanol–water partition coefficient (Wildman–Crippen LogP) is 1.43. The minimum absolute atomic E-state index is 0.321. The Morgan fingerprint density at radius 3 is 3.08 bits per heavy atom. The van der Waals surface area contributed by atoms with Crippen LogP contribution in [0.2, 0.25) is 0 Å². The lowest BCUT2D eigenvalue weighted by atomic mass is 10.3. The van der Waals surface area contributed by atoms with Gasteiger partial charge >= 0.3 is 0 Å². The molecule has 4 heteroatoms. The highest BCUT2D eigenvalue weighted by molar-refractivity contribution is 14.1. The maximum absolute atomic E-state index is 5.70. The Hall–Kier alpha value is -0.360. The summed E-state index contributed by atoms with van der Waals surface area (Å²) in [6.07, 6.45) is 3.19. The van der Waals surface area contributed by atoms with Gasteiger partial charge in [-0.25, -0.2) is 4.98 Å². The minimum Gasteiger partial charge on any atom is -0.487 e. The number of nitrogens with one attached hydrogen (secondary N) is 1. The summed E-state index contributed by atoms with van der Waals surface area (Å²) in [5.74, 6) is 0.870. The van der Waals surface area contributed by atoms with E-state index in [1.807, 2.05) is 12.1 Å². The largest absolute Gasteiger partial charge is 0.487 e. The smallest absolute Gasteiger partial charge is 0.138 e. The van der Waals surface area contributed by atoms with Crippen LogP contribution in [0.15, 0.2) is 18.3 Å². The molecule has 0 aromatic carbocycles. The van der Waals surface area contributed by atoms with Crippen LogP contribution in [0.25, 0.3) is 0 Å². The van der Waals surface area contributed by atoms with Gasteiger partial charge in [-0.2, -0.15) is 0 Å². The molecule has 3 nitrogen and oxygen atoms in total. The van der Waals surface area contributed by atoms with E-state index in [1.54, 1.807) is 6.20 Å². The molecule has 0 unspecified atom stereocenters. The van der Waals surface area contributed by atoms with Gasteiger partial charge in [-0.3, -0.25) is 0 Å². The summed E-state index contributed by atoms with van der Waals surface area (Å²) in [4.78, 5) is 4.16. The quantitative estimate of drug-likeness (QED) is 0.661. The van der Waals surface area contributed by atoms with Crippen molar-refractivity contribution in [3.05, 3.63) is 22.0 Å². The van der Waals surface area contributed by atoms with E-state index >= 15 is 0 Å². The van der Waals surface area contributed by atoms with Gasteiger partial charge in [0.1, 0.15) is 15.6 Å². The van der Waals surface area contributed by atoms with Crippen LogP contribution >= 0.6 is 22.6 Å². The third-order valence-electron chi connectivity index (χ3n) is 2.02. The monoisotopic (exact) mass is 290 g/mol. The van der Waals surface area contributed by atoms with E-state index in [4.69, 9.17) is 4.74 Å². The van der Waals surface area contributed by atoms with Crippen LogP contribution in [0.4, 0.5) is 0 Å². The highest BCUT2D eigenvalue weighted by atomic mass is 127. The molecule has 1 saturated heterocycles. The number of hydrogen-bond donors (Lipinski definition) is 1.